The number of ketones is 1. The van der Waals surface area contributed by atoms with Crippen molar-refractivity contribution in [2.45, 2.75) is 13.3 Å². The number of carbonyl (C=O) groups is 1. The van der Waals surface area contributed by atoms with Crippen molar-refractivity contribution < 1.29 is 13.7 Å². The summed E-state index contributed by atoms with van der Waals surface area (Å²) < 4.78 is 22.0. The molecule has 0 fully saturated rings. The Kier molecular flexibility index (Phi) is 5.13. The molecule has 0 saturated carbocycles. The van der Waals surface area contributed by atoms with Crippen molar-refractivity contribution in [3.8, 4) is 0 Å². The summed E-state index contributed by atoms with van der Waals surface area (Å²) in [5.74, 6) is -0.750. The van der Waals surface area contributed by atoms with Crippen LogP contribution in [0.4, 0.5) is 4.39 Å². The maximum absolute atomic E-state index is 14.3. The Balaban J connectivity index is 2.24. The third-order valence-corrected chi connectivity index (χ3v) is 4.92. The molecule has 0 aliphatic carbocycles. The first-order valence-electron chi connectivity index (χ1n) is 7.91. The molecule has 0 unspecified atom stereocenters. The summed E-state index contributed by atoms with van der Waals surface area (Å²) in [7, 11) is 2.72. The Hall–Kier alpha value is -2.56. The molecule has 0 aliphatic heterocycles. The van der Waals surface area contributed by atoms with Crippen LogP contribution in [-0.2, 0) is 20.5 Å². The first kappa shape index (κ1) is 19.2. The van der Waals surface area contributed by atoms with E-state index in [1.807, 2.05) is 22.6 Å². The second kappa shape index (κ2) is 7.22. The molecule has 0 spiro atoms. The standard InChI is InChI=1S/C18H15FIN3O4/c1-9-6-13(21-27-9)16(24)15-14(22(2)18(26)23(3)17(15)25)7-10-4-5-11(20)8-12(10)19/h4-6,8H,7H2,1-3H3. The maximum Gasteiger partial charge on any atom is 0.330 e. The van der Waals surface area contributed by atoms with Gasteiger partial charge in [-0.1, -0.05) is 11.2 Å². The van der Waals surface area contributed by atoms with Gasteiger partial charge in [0.2, 0.25) is 5.78 Å². The van der Waals surface area contributed by atoms with Crippen LogP contribution in [0.5, 0.6) is 0 Å². The third-order valence-electron chi connectivity index (χ3n) is 4.25. The molecule has 0 bridgehead atoms. The second-order valence-electron chi connectivity index (χ2n) is 6.09. The molecule has 2 heterocycles. The van der Waals surface area contributed by atoms with E-state index in [1.54, 1.807) is 19.1 Å². The van der Waals surface area contributed by atoms with Gasteiger partial charge in [0.1, 0.15) is 17.1 Å². The summed E-state index contributed by atoms with van der Waals surface area (Å²) >= 11 is 1.98. The lowest BCUT2D eigenvalue weighted by Crippen LogP contribution is -2.42. The van der Waals surface area contributed by atoms with Crippen LogP contribution in [0.25, 0.3) is 0 Å². The van der Waals surface area contributed by atoms with Gasteiger partial charge in [0, 0.05) is 35.8 Å². The van der Waals surface area contributed by atoms with Crippen LogP contribution in [0.3, 0.4) is 0 Å². The smallest absolute Gasteiger partial charge is 0.330 e. The maximum atomic E-state index is 14.3. The predicted molar refractivity (Wildman–Crippen MR) is 104 cm³/mol. The lowest BCUT2D eigenvalue weighted by molar-refractivity contribution is 0.102. The van der Waals surface area contributed by atoms with Gasteiger partial charge in [-0.05, 0) is 47.2 Å². The van der Waals surface area contributed by atoms with Crippen molar-refractivity contribution in [2.75, 3.05) is 0 Å². The predicted octanol–water partition coefficient (Wildman–Crippen LogP) is 1.95. The summed E-state index contributed by atoms with van der Waals surface area (Å²) in [6.07, 6.45) is -0.0948. The van der Waals surface area contributed by atoms with Crippen molar-refractivity contribution >= 4 is 28.4 Å². The fourth-order valence-electron chi connectivity index (χ4n) is 2.77. The van der Waals surface area contributed by atoms with Crippen molar-refractivity contribution in [1.82, 2.24) is 14.3 Å². The SMILES string of the molecule is Cc1cc(C(=O)c2c(Cc3ccc(I)cc3F)n(C)c(=O)n(C)c2=O)no1. The summed E-state index contributed by atoms with van der Waals surface area (Å²) in [6.45, 7) is 1.62. The van der Waals surface area contributed by atoms with E-state index in [-0.39, 0.29) is 28.9 Å². The van der Waals surface area contributed by atoms with E-state index < -0.39 is 22.8 Å². The van der Waals surface area contributed by atoms with Gasteiger partial charge >= 0.3 is 5.69 Å². The van der Waals surface area contributed by atoms with Crippen molar-refractivity contribution in [3.63, 3.8) is 0 Å². The summed E-state index contributed by atoms with van der Waals surface area (Å²) in [5.41, 5.74) is -1.25. The van der Waals surface area contributed by atoms with Gasteiger partial charge in [-0.3, -0.25) is 18.7 Å². The molecular weight excluding hydrogens is 468 g/mol. The van der Waals surface area contributed by atoms with Gasteiger partial charge in [0.15, 0.2) is 5.69 Å². The van der Waals surface area contributed by atoms with Gasteiger partial charge in [-0.2, -0.15) is 0 Å². The van der Waals surface area contributed by atoms with E-state index in [2.05, 4.69) is 5.16 Å². The van der Waals surface area contributed by atoms with Crippen molar-refractivity contribution in [3.05, 3.63) is 82.8 Å². The molecule has 3 rings (SSSR count). The minimum atomic E-state index is -0.760. The number of aryl methyl sites for hydroxylation is 1. The van der Waals surface area contributed by atoms with Crippen LogP contribution in [0.1, 0.15) is 33.1 Å². The topological polar surface area (TPSA) is 87.1 Å². The molecule has 140 valence electrons. The largest absolute Gasteiger partial charge is 0.361 e. The fourth-order valence-corrected chi connectivity index (χ4v) is 3.22. The number of halogens is 2. The van der Waals surface area contributed by atoms with E-state index in [9.17, 15) is 18.8 Å². The first-order chi connectivity index (χ1) is 12.7. The number of aromatic nitrogens is 3. The monoisotopic (exact) mass is 483 g/mol. The Morgan fingerprint density at radius 1 is 1.22 bits per heavy atom. The van der Waals surface area contributed by atoms with E-state index in [0.717, 1.165) is 4.57 Å². The Morgan fingerprint density at radius 2 is 1.93 bits per heavy atom. The molecule has 0 amide bonds. The quantitative estimate of drug-likeness (QED) is 0.419. The normalized spacial score (nSPS) is 11.0. The molecule has 0 atom stereocenters. The average Bonchev–Trinajstić information content (AvgIpc) is 3.06. The van der Waals surface area contributed by atoms with Crippen molar-refractivity contribution in [1.29, 1.82) is 0 Å². The highest BCUT2D eigenvalue weighted by atomic mass is 127. The minimum Gasteiger partial charge on any atom is -0.361 e. The fraction of sp³-hybridized carbons (Fsp3) is 0.222. The Labute approximate surface area is 166 Å². The second-order valence-corrected chi connectivity index (χ2v) is 7.34. The first-order valence-corrected chi connectivity index (χ1v) is 8.99. The Morgan fingerprint density at radius 3 is 2.52 bits per heavy atom. The highest BCUT2D eigenvalue weighted by Gasteiger charge is 2.25. The number of benzene rings is 1. The number of rotatable bonds is 4. The van der Waals surface area contributed by atoms with Crippen LogP contribution in [0.2, 0.25) is 0 Å². The summed E-state index contributed by atoms with van der Waals surface area (Å²) in [6, 6.07) is 6.02. The molecular formula is C18H15FIN3O4. The molecule has 7 nitrogen and oxygen atoms in total. The van der Waals surface area contributed by atoms with Crippen LogP contribution in [-0.4, -0.2) is 20.1 Å². The molecule has 27 heavy (non-hydrogen) atoms. The highest BCUT2D eigenvalue weighted by Crippen LogP contribution is 2.18. The van der Waals surface area contributed by atoms with Gasteiger partial charge in [0.05, 0.1) is 0 Å². The molecule has 1 aromatic carbocycles. The van der Waals surface area contributed by atoms with Crippen molar-refractivity contribution in [2.24, 2.45) is 14.1 Å². The van der Waals surface area contributed by atoms with Crippen LogP contribution in [0, 0.1) is 16.3 Å². The molecule has 0 aliphatic rings. The van der Waals surface area contributed by atoms with E-state index >= 15 is 0 Å². The van der Waals surface area contributed by atoms with Gasteiger partial charge in [-0.25, -0.2) is 9.18 Å². The van der Waals surface area contributed by atoms with Crippen LogP contribution in [0.15, 0.2) is 38.4 Å². The lowest BCUT2D eigenvalue weighted by Gasteiger charge is -2.14. The molecule has 0 N–H and O–H groups in total. The number of nitrogens with zero attached hydrogens (tertiary/aromatic N) is 3. The Bertz CT molecular complexity index is 1180. The summed E-state index contributed by atoms with van der Waals surface area (Å²) in [5, 5.41) is 3.66. The zero-order valence-electron chi connectivity index (χ0n) is 14.7. The number of hydrogen-bond acceptors (Lipinski definition) is 5. The lowest BCUT2D eigenvalue weighted by atomic mass is 10.0. The van der Waals surface area contributed by atoms with E-state index in [4.69, 9.17) is 4.52 Å². The molecule has 0 radical (unpaired) electrons. The van der Waals surface area contributed by atoms with Gasteiger partial charge in [-0.15, -0.1) is 0 Å². The average molecular weight is 483 g/mol. The highest BCUT2D eigenvalue weighted by molar-refractivity contribution is 14.1. The number of hydrogen-bond donors (Lipinski definition) is 0. The molecule has 2 aromatic heterocycles. The zero-order valence-corrected chi connectivity index (χ0v) is 16.9. The molecule has 0 saturated heterocycles. The van der Waals surface area contributed by atoms with E-state index in [1.165, 1.54) is 30.8 Å². The van der Waals surface area contributed by atoms with Gasteiger partial charge < -0.3 is 4.52 Å². The zero-order chi connectivity index (χ0) is 19.9. The third kappa shape index (κ3) is 3.51. The van der Waals surface area contributed by atoms with Gasteiger partial charge in [0.25, 0.3) is 5.56 Å². The van der Waals surface area contributed by atoms with Crippen LogP contribution >= 0.6 is 22.6 Å². The summed E-state index contributed by atoms with van der Waals surface area (Å²) in [4.78, 5) is 37.9. The molecule has 3 aromatic rings. The van der Waals surface area contributed by atoms with Crippen LogP contribution < -0.4 is 11.2 Å². The number of carbonyl (C=O) groups excluding carboxylic acids is 1. The minimum absolute atomic E-state index is 0.0485. The molecule has 9 heteroatoms. The van der Waals surface area contributed by atoms with E-state index in [0.29, 0.717) is 9.33 Å².